The Labute approximate surface area is 166 Å². The fourth-order valence-electron chi connectivity index (χ4n) is 3.55. The summed E-state index contributed by atoms with van der Waals surface area (Å²) in [5.74, 6) is 4.06. The first-order chi connectivity index (χ1) is 13.2. The minimum absolute atomic E-state index is 0.854. The van der Waals surface area contributed by atoms with Crippen molar-refractivity contribution < 1.29 is 4.57 Å². The van der Waals surface area contributed by atoms with Crippen LogP contribution in [0, 0.1) is 0 Å². The number of hydrogen-bond donors (Lipinski definition) is 0. The van der Waals surface area contributed by atoms with Gasteiger partial charge in [0.05, 0.1) is 0 Å². The van der Waals surface area contributed by atoms with Gasteiger partial charge in [0.25, 0.3) is 0 Å². The largest absolute Gasteiger partial charge is 0.301 e. The SMILES string of the molecule is CCN1CCN(P2(=O)C=C(c3ccccc3)SC(c3ccccc3)=C2)CC1. The van der Waals surface area contributed by atoms with Crippen LogP contribution < -0.4 is 0 Å². The van der Waals surface area contributed by atoms with Gasteiger partial charge in [0, 0.05) is 47.6 Å². The van der Waals surface area contributed by atoms with Crippen molar-refractivity contribution in [3.63, 3.8) is 0 Å². The predicted octanol–water partition coefficient (Wildman–Crippen LogP) is 5.65. The second kappa shape index (κ2) is 8.20. The molecule has 1 fully saturated rings. The summed E-state index contributed by atoms with van der Waals surface area (Å²) in [6.45, 7) is 6.92. The van der Waals surface area contributed by atoms with E-state index in [9.17, 15) is 4.57 Å². The van der Waals surface area contributed by atoms with Gasteiger partial charge >= 0.3 is 0 Å². The highest BCUT2D eigenvalue weighted by Gasteiger charge is 2.33. The fourth-order valence-corrected chi connectivity index (χ4v) is 7.79. The minimum atomic E-state index is -2.71. The van der Waals surface area contributed by atoms with Crippen LogP contribution in [0.5, 0.6) is 0 Å². The van der Waals surface area contributed by atoms with Gasteiger partial charge in [0.2, 0.25) is 0 Å². The smallest absolute Gasteiger partial charge is 0.195 e. The maximum atomic E-state index is 14.1. The molecule has 0 unspecified atom stereocenters. The van der Waals surface area contributed by atoms with E-state index in [1.165, 1.54) is 0 Å². The molecule has 2 aromatic rings. The zero-order valence-corrected chi connectivity index (χ0v) is 17.3. The summed E-state index contributed by atoms with van der Waals surface area (Å²) in [6.07, 6.45) is 0. The fraction of sp³-hybridized carbons (Fsp3) is 0.273. The maximum Gasteiger partial charge on any atom is 0.195 e. The van der Waals surface area contributed by atoms with Gasteiger partial charge < -0.3 is 4.90 Å². The lowest BCUT2D eigenvalue weighted by atomic mass is 10.2. The van der Waals surface area contributed by atoms with Crippen LogP contribution >= 0.6 is 19.1 Å². The predicted molar refractivity (Wildman–Crippen MR) is 118 cm³/mol. The van der Waals surface area contributed by atoms with Crippen molar-refractivity contribution in [3.05, 3.63) is 83.4 Å². The van der Waals surface area contributed by atoms with Crippen LogP contribution in [0.4, 0.5) is 0 Å². The molecule has 3 nitrogen and oxygen atoms in total. The molecule has 0 aliphatic carbocycles. The molecule has 0 N–H and O–H groups in total. The van der Waals surface area contributed by atoms with Gasteiger partial charge in [-0.15, -0.1) is 0 Å². The highest BCUT2D eigenvalue weighted by atomic mass is 32.2. The Bertz CT molecular complexity index is 828. The van der Waals surface area contributed by atoms with Crippen molar-refractivity contribution in [2.75, 3.05) is 32.7 Å². The van der Waals surface area contributed by atoms with E-state index >= 15 is 0 Å². The maximum absolute atomic E-state index is 14.1. The molecule has 140 valence electrons. The van der Waals surface area contributed by atoms with Crippen molar-refractivity contribution in [3.8, 4) is 0 Å². The average molecular weight is 396 g/mol. The van der Waals surface area contributed by atoms with Crippen molar-refractivity contribution >= 4 is 28.9 Å². The van der Waals surface area contributed by atoms with Gasteiger partial charge in [-0.2, -0.15) is 0 Å². The Morgan fingerprint density at radius 1 is 0.815 bits per heavy atom. The number of nitrogens with zero attached hydrogens (tertiary/aromatic N) is 2. The lowest BCUT2D eigenvalue weighted by Gasteiger charge is -2.38. The monoisotopic (exact) mass is 396 g/mol. The first kappa shape index (κ1) is 18.8. The number of rotatable bonds is 4. The molecule has 4 rings (SSSR count). The van der Waals surface area contributed by atoms with E-state index in [4.69, 9.17) is 0 Å². The van der Waals surface area contributed by atoms with Crippen molar-refractivity contribution in [2.45, 2.75) is 6.92 Å². The number of piperazine rings is 1. The molecule has 0 bridgehead atoms. The second-order valence-electron chi connectivity index (χ2n) is 6.88. The number of benzene rings is 2. The highest BCUT2D eigenvalue weighted by molar-refractivity contribution is 8.17. The van der Waals surface area contributed by atoms with Crippen LogP contribution in [-0.4, -0.2) is 42.3 Å². The van der Waals surface area contributed by atoms with Crippen LogP contribution in [0.3, 0.4) is 0 Å². The molecule has 0 radical (unpaired) electrons. The van der Waals surface area contributed by atoms with Crippen molar-refractivity contribution in [1.29, 1.82) is 0 Å². The summed E-state index contributed by atoms with van der Waals surface area (Å²) in [6, 6.07) is 20.6. The molecule has 0 spiro atoms. The zero-order chi connectivity index (χ0) is 18.7. The third kappa shape index (κ3) is 4.14. The molecule has 0 atom stereocenters. The van der Waals surface area contributed by atoms with Crippen LogP contribution in [0.1, 0.15) is 18.1 Å². The van der Waals surface area contributed by atoms with Crippen molar-refractivity contribution in [2.24, 2.45) is 0 Å². The van der Waals surface area contributed by atoms with E-state index in [1.54, 1.807) is 11.8 Å². The normalized spacial score (nSPS) is 20.8. The first-order valence-electron chi connectivity index (χ1n) is 9.49. The zero-order valence-electron chi connectivity index (χ0n) is 15.6. The Morgan fingerprint density at radius 2 is 1.30 bits per heavy atom. The lowest BCUT2D eigenvalue weighted by molar-refractivity contribution is 0.197. The van der Waals surface area contributed by atoms with Crippen LogP contribution in [0.25, 0.3) is 9.81 Å². The molecule has 27 heavy (non-hydrogen) atoms. The van der Waals surface area contributed by atoms with Crippen LogP contribution in [0.15, 0.2) is 72.3 Å². The Balaban J connectivity index is 1.72. The summed E-state index contributed by atoms with van der Waals surface area (Å²) in [5.41, 5.74) is 2.27. The molecule has 2 aliphatic rings. The van der Waals surface area contributed by atoms with Gasteiger partial charge in [-0.1, -0.05) is 79.3 Å². The van der Waals surface area contributed by atoms with Gasteiger partial charge in [0.1, 0.15) is 0 Å². The topological polar surface area (TPSA) is 23.6 Å². The summed E-state index contributed by atoms with van der Waals surface area (Å²) in [5, 5.41) is 0. The van der Waals surface area contributed by atoms with Gasteiger partial charge in [-0.05, 0) is 17.7 Å². The van der Waals surface area contributed by atoms with Crippen molar-refractivity contribution in [1.82, 2.24) is 9.57 Å². The van der Waals surface area contributed by atoms with E-state index in [1.807, 2.05) is 48.0 Å². The standard InChI is InChI=1S/C22H25N2OPS/c1-2-23-13-15-24(16-14-23)26(25)17-21(19-9-5-3-6-10-19)27-22(18-26)20-11-7-4-8-12-20/h3-12,17-18H,2,13-16H2,1H3. The van der Waals surface area contributed by atoms with Crippen LogP contribution in [0.2, 0.25) is 0 Å². The number of thioether (sulfide) groups is 1. The molecule has 1 saturated heterocycles. The quantitative estimate of drug-likeness (QED) is 0.624. The Kier molecular flexibility index (Phi) is 5.70. The van der Waals surface area contributed by atoms with E-state index < -0.39 is 7.29 Å². The molecule has 2 aromatic carbocycles. The molecule has 0 saturated carbocycles. The average Bonchev–Trinajstić information content (AvgIpc) is 2.75. The van der Waals surface area contributed by atoms with E-state index in [0.29, 0.717) is 0 Å². The summed E-state index contributed by atoms with van der Waals surface area (Å²) in [4.78, 5) is 4.61. The molecule has 0 aromatic heterocycles. The third-order valence-corrected chi connectivity index (χ3v) is 9.22. The summed E-state index contributed by atoms with van der Waals surface area (Å²) < 4.78 is 16.3. The first-order valence-corrected chi connectivity index (χ1v) is 12.1. The highest BCUT2D eigenvalue weighted by Crippen LogP contribution is 2.63. The van der Waals surface area contributed by atoms with E-state index in [-0.39, 0.29) is 0 Å². The number of hydrogen-bond acceptors (Lipinski definition) is 3. The molecule has 0 amide bonds. The second-order valence-corrected chi connectivity index (χ2v) is 10.4. The van der Waals surface area contributed by atoms with Gasteiger partial charge in [0.15, 0.2) is 7.29 Å². The number of likely N-dealkylation sites (N-methyl/N-ethyl adjacent to an activating group) is 1. The minimum Gasteiger partial charge on any atom is -0.301 e. The van der Waals surface area contributed by atoms with Crippen LogP contribution in [-0.2, 0) is 4.57 Å². The lowest BCUT2D eigenvalue weighted by Crippen LogP contribution is -2.44. The van der Waals surface area contributed by atoms with Gasteiger partial charge in [-0.25, -0.2) is 4.67 Å². The van der Waals surface area contributed by atoms with Gasteiger partial charge in [-0.3, -0.25) is 4.57 Å². The Morgan fingerprint density at radius 3 is 1.74 bits per heavy atom. The van der Waals surface area contributed by atoms with E-state index in [2.05, 4.69) is 40.8 Å². The molecular weight excluding hydrogens is 371 g/mol. The summed E-state index contributed by atoms with van der Waals surface area (Å²) >= 11 is 1.72. The summed E-state index contributed by atoms with van der Waals surface area (Å²) in [7, 11) is -2.71. The molecular formula is C22H25N2OPS. The third-order valence-electron chi connectivity index (χ3n) is 5.18. The molecule has 5 heteroatoms. The Hall–Kier alpha value is -1.58. The molecule has 2 aliphatic heterocycles. The van der Waals surface area contributed by atoms with E-state index in [0.717, 1.165) is 53.7 Å². The molecule has 2 heterocycles.